The molecule has 8 nitrogen and oxygen atoms in total. The van der Waals surface area contributed by atoms with Gasteiger partial charge in [-0.15, -0.1) is 0 Å². The number of hydrogen-bond donors (Lipinski definition) is 0. The second kappa shape index (κ2) is 10.6. The molecular formula is C23H27NO7S. The molecule has 0 spiro atoms. The van der Waals surface area contributed by atoms with E-state index in [0.29, 0.717) is 30.0 Å². The summed E-state index contributed by atoms with van der Waals surface area (Å²) in [6.07, 6.45) is 6.65. The van der Waals surface area contributed by atoms with E-state index in [1.165, 1.54) is 19.3 Å². The maximum atomic E-state index is 12.8. The Labute approximate surface area is 187 Å². The van der Waals surface area contributed by atoms with Crippen molar-refractivity contribution in [3.8, 4) is 0 Å². The first-order valence-electron chi connectivity index (χ1n) is 10.4. The molecule has 0 bridgehead atoms. The van der Waals surface area contributed by atoms with Crippen molar-refractivity contribution in [3.63, 3.8) is 0 Å². The highest BCUT2D eigenvalue weighted by atomic mass is 32.2. The van der Waals surface area contributed by atoms with Gasteiger partial charge in [-0.2, -0.15) is 4.31 Å². The molecule has 2 heterocycles. The van der Waals surface area contributed by atoms with Crippen LogP contribution in [-0.4, -0.2) is 44.9 Å². The highest BCUT2D eigenvalue weighted by molar-refractivity contribution is 7.89. The summed E-state index contributed by atoms with van der Waals surface area (Å²) in [7, 11) is -2.25. The van der Waals surface area contributed by atoms with E-state index < -0.39 is 22.0 Å². The molecule has 0 amide bonds. The topological polar surface area (TPSA) is 103 Å². The van der Waals surface area contributed by atoms with E-state index in [0.717, 1.165) is 25.7 Å². The van der Waals surface area contributed by atoms with Gasteiger partial charge in [0, 0.05) is 24.7 Å². The van der Waals surface area contributed by atoms with Crippen LogP contribution in [0.25, 0.3) is 6.08 Å². The van der Waals surface area contributed by atoms with Crippen molar-refractivity contribution >= 4 is 28.0 Å². The quantitative estimate of drug-likeness (QED) is 0.457. The number of esters is 2. The van der Waals surface area contributed by atoms with E-state index in [9.17, 15) is 18.0 Å². The van der Waals surface area contributed by atoms with Crippen molar-refractivity contribution in [3.05, 3.63) is 59.1 Å². The van der Waals surface area contributed by atoms with Gasteiger partial charge in [-0.1, -0.05) is 25.0 Å². The Morgan fingerprint density at radius 2 is 1.75 bits per heavy atom. The van der Waals surface area contributed by atoms with Crippen LogP contribution in [0.2, 0.25) is 0 Å². The molecule has 0 aliphatic carbocycles. The van der Waals surface area contributed by atoms with Crippen LogP contribution < -0.4 is 0 Å². The third-order valence-corrected chi connectivity index (χ3v) is 7.10. The summed E-state index contributed by atoms with van der Waals surface area (Å²) in [5.41, 5.74) is 1.26. The zero-order valence-corrected chi connectivity index (χ0v) is 19.0. The van der Waals surface area contributed by atoms with Gasteiger partial charge in [0.05, 0.1) is 12.0 Å². The zero-order valence-electron chi connectivity index (χ0n) is 18.2. The minimum atomic E-state index is -3.51. The van der Waals surface area contributed by atoms with Gasteiger partial charge in [0.1, 0.15) is 12.4 Å². The Morgan fingerprint density at radius 3 is 2.38 bits per heavy atom. The van der Waals surface area contributed by atoms with Gasteiger partial charge in [-0.25, -0.2) is 18.0 Å². The predicted octanol–water partition coefficient (Wildman–Crippen LogP) is 3.70. The average Bonchev–Trinajstić information content (AvgIpc) is 2.98. The fourth-order valence-corrected chi connectivity index (χ4v) is 4.97. The Kier molecular flexibility index (Phi) is 7.87. The van der Waals surface area contributed by atoms with Gasteiger partial charge < -0.3 is 13.9 Å². The minimum Gasteiger partial charge on any atom is -0.463 e. The molecule has 1 saturated heterocycles. The van der Waals surface area contributed by atoms with Gasteiger partial charge in [0.25, 0.3) is 0 Å². The van der Waals surface area contributed by atoms with Gasteiger partial charge in [-0.05, 0) is 49.6 Å². The highest BCUT2D eigenvalue weighted by Crippen LogP contribution is 2.21. The number of carbonyl (C=O) groups excluding carboxylic acids is 2. The number of benzene rings is 1. The summed E-state index contributed by atoms with van der Waals surface area (Å²) >= 11 is 0. The number of ether oxygens (including phenoxy) is 2. The molecule has 1 aliphatic rings. The lowest BCUT2D eigenvalue weighted by Gasteiger charge is -2.19. The smallest absolute Gasteiger partial charge is 0.374 e. The third-order valence-electron chi connectivity index (χ3n) is 5.19. The second-order valence-electron chi connectivity index (χ2n) is 7.54. The number of rotatable bonds is 7. The third kappa shape index (κ3) is 5.86. The summed E-state index contributed by atoms with van der Waals surface area (Å²) in [6, 6.07) is 7.99. The molecule has 0 unspecified atom stereocenters. The van der Waals surface area contributed by atoms with Crippen molar-refractivity contribution in [2.24, 2.45) is 0 Å². The average molecular weight is 462 g/mol. The van der Waals surface area contributed by atoms with Gasteiger partial charge in [0.2, 0.25) is 15.8 Å². The first-order chi connectivity index (χ1) is 15.3. The largest absolute Gasteiger partial charge is 0.463 e. The Hall–Kier alpha value is -2.91. The highest BCUT2D eigenvalue weighted by Gasteiger charge is 2.24. The van der Waals surface area contributed by atoms with Crippen LogP contribution in [-0.2, 0) is 30.9 Å². The van der Waals surface area contributed by atoms with E-state index in [1.807, 2.05) is 0 Å². The van der Waals surface area contributed by atoms with E-state index in [2.05, 4.69) is 4.74 Å². The lowest BCUT2D eigenvalue weighted by Crippen LogP contribution is -2.31. The number of aryl methyl sites for hydroxylation is 1. The van der Waals surface area contributed by atoms with Gasteiger partial charge >= 0.3 is 11.9 Å². The monoisotopic (exact) mass is 461 g/mol. The normalized spacial score (nSPS) is 15.4. The van der Waals surface area contributed by atoms with Crippen LogP contribution in [0.4, 0.5) is 0 Å². The molecule has 1 aliphatic heterocycles. The van der Waals surface area contributed by atoms with E-state index in [1.54, 1.807) is 41.6 Å². The number of carbonyl (C=O) groups is 2. The molecule has 0 N–H and O–H groups in total. The molecule has 0 atom stereocenters. The molecular weight excluding hydrogens is 434 g/mol. The first-order valence-corrected chi connectivity index (χ1v) is 11.9. The van der Waals surface area contributed by atoms with Crippen LogP contribution in [0, 0.1) is 6.92 Å². The second-order valence-corrected chi connectivity index (χ2v) is 9.48. The first kappa shape index (κ1) is 23.7. The van der Waals surface area contributed by atoms with Gasteiger partial charge in [-0.3, -0.25) is 0 Å². The van der Waals surface area contributed by atoms with Crippen LogP contribution in [0.3, 0.4) is 0 Å². The van der Waals surface area contributed by atoms with Crippen molar-refractivity contribution in [2.45, 2.75) is 44.1 Å². The van der Waals surface area contributed by atoms with Crippen LogP contribution in [0.1, 0.15) is 53.1 Å². The van der Waals surface area contributed by atoms with E-state index in [-0.39, 0.29) is 17.3 Å². The SMILES string of the molecule is COC(=O)c1oc(COC(=O)/C=C/c2ccc(S(=O)(=O)N3CCCCCC3)cc2)cc1C. The lowest BCUT2D eigenvalue weighted by atomic mass is 10.2. The molecule has 0 saturated carbocycles. The number of sulfonamides is 1. The van der Waals surface area contributed by atoms with Crippen molar-refractivity contribution in [1.82, 2.24) is 4.31 Å². The number of nitrogens with zero attached hydrogens (tertiary/aromatic N) is 1. The van der Waals surface area contributed by atoms with Crippen LogP contribution >= 0.6 is 0 Å². The molecule has 32 heavy (non-hydrogen) atoms. The zero-order chi connectivity index (χ0) is 23.1. The number of furan rings is 1. The summed E-state index contributed by atoms with van der Waals surface area (Å²) in [4.78, 5) is 23.8. The summed E-state index contributed by atoms with van der Waals surface area (Å²) in [5.74, 6) is -0.793. The molecule has 3 rings (SSSR count). The predicted molar refractivity (Wildman–Crippen MR) is 117 cm³/mol. The molecule has 1 aromatic heterocycles. The molecule has 2 aromatic rings. The molecule has 172 valence electrons. The Morgan fingerprint density at radius 1 is 1.09 bits per heavy atom. The lowest BCUT2D eigenvalue weighted by molar-refractivity contribution is -0.139. The minimum absolute atomic E-state index is 0.0734. The van der Waals surface area contributed by atoms with Gasteiger partial charge in [0.15, 0.2) is 0 Å². The van der Waals surface area contributed by atoms with E-state index in [4.69, 9.17) is 9.15 Å². The number of methoxy groups -OCH3 is 1. The standard InChI is InChI=1S/C23H27NO7S/c1-17-15-19(31-22(17)23(26)29-2)16-30-21(25)12-9-18-7-10-20(11-8-18)32(27,28)24-13-5-3-4-6-14-24/h7-12,15H,3-6,13-14,16H2,1-2H3/b12-9+. The van der Waals surface area contributed by atoms with Crippen molar-refractivity contribution in [2.75, 3.05) is 20.2 Å². The summed E-state index contributed by atoms with van der Waals surface area (Å²) in [6.45, 7) is 2.66. The van der Waals surface area contributed by atoms with E-state index >= 15 is 0 Å². The molecule has 1 aromatic carbocycles. The number of hydrogen-bond acceptors (Lipinski definition) is 7. The van der Waals surface area contributed by atoms with Crippen molar-refractivity contribution < 1.29 is 31.9 Å². The maximum Gasteiger partial charge on any atom is 0.374 e. The molecule has 9 heteroatoms. The van der Waals surface area contributed by atoms with Crippen molar-refractivity contribution in [1.29, 1.82) is 0 Å². The fraction of sp³-hybridized carbons (Fsp3) is 0.391. The Balaban J connectivity index is 1.57. The van der Waals surface area contributed by atoms with Crippen LogP contribution in [0.15, 0.2) is 45.7 Å². The summed E-state index contributed by atoms with van der Waals surface area (Å²) < 4.78 is 42.3. The Bertz CT molecular complexity index is 1080. The maximum absolute atomic E-state index is 12.8. The summed E-state index contributed by atoms with van der Waals surface area (Å²) in [5, 5.41) is 0. The fourth-order valence-electron chi connectivity index (χ4n) is 3.45. The molecule has 1 fully saturated rings. The molecule has 0 radical (unpaired) electrons. The van der Waals surface area contributed by atoms with Crippen LogP contribution in [0.5, 0.6) is 0 Å².